The maximum atomic E-state index is 4.28. The number of allylic oxidation sites excluding steroid dienone is 9. The summed E-state index contributed by atoms with van der Waals surface area (Å²) >= 11 is 0. The van der Waals surface area contributed by atoms with Gasteiger partial charge in [0.05, 0.1) is 0 Å². The Morgan fingerprint density at radius 1 is 0.804 bits per heavy atom. The van der Waals surface area contributed by atoms with E-state index in [1.165, 1.54) is 56.7 Å². The van der Waals surface area contributed by atoms with E-state index in [0.717, 1.165) is 38.6 Å². The Kier molecular flexibility index (Phi) is 8.04. The van der Waals surface area contributed by atoms with E-state index in [-0.39, 0.29) is 0 Å². The minimum Gasteiger partial charge on any atom is -0.387 e. The summed E-state index contributed by atoms with van der Waals surface area (Å²) in [6.07, 6.45) is 40.7. The van der Waals surface area contributed by atoms with Gasteiger partial charge in [-0.25, -0.2) is 0 Å². The Hall–Kier alpha value is -4.43. The van der Waals surface area contributed by atoms with Gasteiger partial charge in [-0.05, 0) is 148 Å². The molecule has 1 aromatic heterocycles. The number of dihydropyridines is 1. The van der Waals surface area contributed by atoms with Crippen LogP contribution in [-0.2, 0) is 6.42 Å². The zero-order valence-corrected chi connectivity index (χ0v) is 27.0. The fourth-order valence-corrected chi connectivity index (χ4v) is 8.59. The van der Waals surface area contributed by atoms with Crippen LogP contribution in [0.2, 0.25) is 0 Å². The van der Waals surface area contributed by atoms with Crippen LogP contribution in [0.5, 0.6) is 0 Å². The molecule has 8 rings (SSSR count). The number of hydrogen-bond acceptors (Lipinski definition) is 2. The average Bonchev–Trinajstić information content (AvgIpc) is 3.34. The lowest BCUT2D eigenvalue weighted by Crippen LogP contribution is -2.37. The van der Waals surface area contributed by atoms with E-state index >= 15 is 0 Å². The van der Waals surface area contributed by atoms with E-state index < -0.39 is 0 Å². The molecule has 2 heterocycles. The fourth-order valence-electron chi connectivity index (χ4n) is 8.59. The van der Waals surface area contributed by atoms with Crippen molar-refractivity contribution in [1.29, 1.82) is 0 Å². The molecular formula is C44H44N2. The molecule has 1 aliphatic heterocycles. The van der Waals surface area contributed by atoms with Crippen LogP contribution in [-0.4, -0.2) is 11.5 Å². The number of nitrogens with one attached hydrogen (secondary N) is 1. The van der Waals surface area contributed by atoms with Crippen LogP contribution in [0, 0.1) is 17.8 Å². The predicted molar refractivity (Wildman–Crippen MR) is 194 cm³/mol. The molecule has 1 N–H and O–H groups in total. The highest BCUT2D eigenvalue weighted by Crippen LogP contribution is 2.42. The van der Waals surface area contributed by atoms with Gasteiger partial charge in [0.2, 0.25) is 0 Å². The number of aromatic nitrogens is 1. The Labute approximate surface area is 274 Å². The minimum atomic E-state index is 0.406. The first-order valence-electron chi connectivity index (χ1n) is 17.4. The molecule has 0 fully saturated rings. The van der Waals surface area contributed by atoms with Gasteiger partial charge in [0.25, 0.3) is 0 Å². The summed E-state index contributed by atoms with van der Waals surface area (Å²) in [5, 5.41) is 6.29. The van der Waals surface area contributed by atoms with Crippen molar-refractivity contribution in [3.63, 3.8) is 0 Å². The summed E-state index contributed by atoms with van der Waals surface area (Å²) in [6, 6.07) is 13.5. The quantitative estimate of drug-likeness (QED) is 0.296. The predicted octanol–water partition coefficient (Wildman–Crippen LogP) is 8.96. The van der Waals surface area contributed by atoms with Crippen molar-refractivity contribution in [2.24, 2.45) is 17.8 Å². The molecule has 2 nitrogen and oxygen atoms in total. The van der Waals surface area contributed by atoms with E-state index in [4.69, 9.17) is 0 Å². The molecule has 4 atom stereocenters. The first-order valence-corrected chi connectivity index (χ1v) is 17.4. The summed E-state index contributed by atoms with van der Waals surface area (Å²) in [6.45, 7) is 3.30. The number of fused-ring (bicyclic) bond motifs is 2. The van der Waals surface area contributed by atoms with Crippen LogP contribution in [0.15, 0.2) is 115 Å². The van der Waals surface area contributed by atoms with Crippen LogP contribution < -0.4 is 15.8 Å². The highest BCUT2D eigenvalue weighted by atomic mass is 14.8. The SMILES string of the molecule is C[C@H]1C=CC=C(C2CC=Cc3c(c(-c4cccc(-c5ccncc5)c4)c4c(c3C3C=CCC(C5=CCNC=C5)C3)=CCCC=4)C2)C1. The third-order valence-electron chi connectivity index (χ3n) is 10.8. The zero-order valence-electron chi connectivity index (χ0n) is 27.0. The number of hydrogen-bond donors (Lipinski definition) is 1. The van der Waals surface area contributed by atoms with E-state index in [2.05, 4.69) is 127 Å². The monoisotopic (exact) mass is 600 g/mol. The first-order chi connectivity index (χ1) is 22.7. The second kappa shape index (κ2) is 12.8. The molecule has 3 unspecified atom stereocenters. The van der Waals surface area contributed by atoms with Crippen molar-refractivity contribution in [3.05, 3.63) is 142 Å². The molecule has 2 aromatic carbocycles. The average molecular weight is 601 g/mol. The normalized spacial score (nSPS) is 24.8. The van der Waals surface area contributed by atoms with Crippen LogP contribution in [0.1, 0.15) is 68.1 Å². The van der Waals surface area contributed by atoms with Crippen LogP contribution >= 0.6 is 0 Å². The molecular weight excluding hydrogens is 556 g/mol. The molecule has 3 aromatic rings. The molecule has 0 saturated carbocycles. The number of rotatable bonds is 5. The molecule has 46 heavy (non-hydrogen) atoms. The summed E-state index contributed by atoms with van der Waals surface area (Å²) in [7, 11) is 0. The summed E-state index contributed by atoms with van der Waals surface area (Å²) in [5.41, 5.74) is 13.0. The molecule has 0 spiro atoms. The molecule has 4 aliphatic carbocycles. The second-order valence-electron chi connectivity index (χ2n) is 13.8. The minimum absolute atomic E-state index is 0.406. The smallest absolute Gasteiger partial charge is 0.0331 e. The zero-order chi connectivity index (χ0) is 30.9. The number of nitrogens with zero attached hydrogens (tertiary/aromatic N) is 1. The fraction of sp³-hybridized carbons (Fsp3) is 0.295. The molecule has 2 heteroatoms. The van der Waals surface area contributed by atoms with Gasteiger partial charge in [-0.2, -0.15) is 0 Å². The Morgan fingerprint density at radius 2 is 1.65 bits per heavy atom. The Morgan fingerprint density at radius 3 is 2.50 bits per heavy atom. The van der Waals surface area contributed by atoms with Crippen molar-refractivity contribution in [2.75, 3.05) is 6.54 Å². The number of benzene rings is 2. The van der Waals surface area contributed by atoms with Gasteiger partial charge >= 0.3 is 0 Å². The van der Waals surface area contributed by atoms with Gasteiger partial charge in [-0.1, -0.05) is 91.5 Å². The van der Waals surface area contributed by atoms with E-state index in [1.54, 1.807) is 16.7 Å². The van der Waals surface area contributed by atoms with Crippen LogP contribution in [0.3, 0.4) is 0 Å². The van der Waals surface area contributed by atoms with E-state index in [0.29, 0.717) is 23.7 Å². The van der Waals surface area contributed by atoms with Gasteiger partial charge in [0, 0.05) is 24.9 Å². The maximum Gasteiger partial charge on any atom is 0.0331 e. The first kappa shape index (κ1) is 29.0. The van der Waals surface area contributed by atoms with Gasteiger partial charge in [0.1, 0.15) is 0 Å². The molecule has 0 bridgehead atoms. The van der Waals surface area contributed by atoms with Crippen molar-refractivity contribution in [1.82, 2.24) is 10.3 Å². The van der Waals surface area contributed by atoms with E-state index in [9.17, 15) is 0 Å². The van der Waals surface area contributed by atoms with E-state index in [1.807, 2.05) is 12.4 Å². The van der Waals surface area contributed by atoms with Gasteiger partial charge in [-0.3, -0.25) is 4.98 Å². The lowest BCUT2D eigenvalue weighted by atomic mass is 9.73. The van der Waals surface area contributed by atoms with Crippen molar-refractivity contribution < 1.29 is 0 Å². The second-order valence-corrected chi connectivity index (χ2v) is 13.8. The van der Waals surface area contributed by atoms with Gasteiger partial charge in [0.15, 0.2) is 0 Å². The highest BCUT2D eigenvalue weighted by Gasteiger charge is 2.30. The lowest BCUT2D eigenvalue weighted by Gasteiger charge is -2.31. The molecule has 0 radical (unpaired) electrons. The van der Waals surface area contributed by atoms with Gasteiger partial charge < -0.3 is 5.32 Å². The Bertz CT molecular complexity index is 1950. The highest BCUT2D eigenvalue weighted by molar-refractivity contribution is 5.81. The molecule has 0 amide bonds. The van der Waals surface area contributed by atoms with Crippen molar-refractivity contribution >= 4 is 18.2 Å². The third-order valence-corrected chi connectivity index (χ3v) is 10.8. The maximum absolute atomic E-state index is 4.28. The van der Waals surface area contributed by atoms with Gasteiger partial charge in [-0.15, -0.1) is 0 Å². The lowest BCUT2D eigenvalue weighted by molar-refractivity contribution is 0.515. The Balaban J connectivity index is 1.33. The standard InChI is InChI=1S/C44H44N2/c1-30-8-4-9-33(26-30)36-12-7-17-41-42(29-36)44(38-14-6-11-35(28-38)32-20-24-46-25-21-32)40-16-3-2-15-39(40)43(41)37-13-5-10-34(27-37)31-18-22-45-23-19-31/h4-9,11,13-22,24-25,28,30,34,36-37,45H,2-3,10,12,23,26-27,29H2,1H3/t30-,34?,36?,37?/m0/s1. The molecule has 5 aliphatic rings. The summed E-state index contributed by atoms with van der Waals surface area (Å²) < 4.78 is 0. The summed E-state index contributed by atoms with van der Waals surface area (Å²) in [5.74, 6) is 2.09. The van der Waals surface area contributed by atoms with Crippen LogP contribution in [0.4, 0.5) is 0 Å². The van der Waals surface area contributed by atoms with Crippen molar-refractivity contribution in [2.45, 2.75) is 57.8 Å². The van der Waals surface area contributed by atoms with Crippen molar-refractivity contribution in [3.8, 4) is 22.3 Å². The third kappa shape index (κ3) is 5.60. The summed E-state index contributed by atoms with van der Waals surface area (Å²) in [4.78, 5) is 4.28. The number of pyridine rings is 1. The molecule has 0 saturated heterocycles. The molecule has 230 valence electrons. The largest absolute Gasteiger partial charge is 0.387 e. The topological polar surface area (TPSA) is 24.9 Å². The van der Waals surface area contributed by atoms with Crippen LogP contribution in [0.25, 0.3) is 40.5 Å².